The number of benzene rings is 5. The first-order valence-corrected chi connectivity index (χ1v) is 12.5. The maximum atomic E-state index is 15.4. The molecule has 5 heteroatoms. The highest BCUT2D eigenvalue weighted by Gasteiger charge is 2.42. The van der Waals surface area contributed by atoms with Gasteiger partial charge in [-0.25, -0.2) is 8.78 Å². The Balaban J connectivity index is 1.60. The maximum absolute atomic E-state index is 15.4. The van der Waals surface area contributed by atoms with E-state index in [4.69, 9.17) is 0 Å². The number of aryl methyl sites for hydroxylation is 2. The van der Waals surface area contributed by atoms with Crippen LogP contribution < -0.4 is 21.3 Å². The summed E-state index contributed by atoms with van der Waals surface area (Å²) < 4.78 is 33.1. The molecule has 2 aliphatic heterocycles. The van der Waals surface area contributed by atoms with E-state index in [0.717, 1.165) is 44.6 Å². The van der Waals surface area contributed by atoms with E-state index in [-0.39, 0.29) is 12.4 Å². The van der Waals surface area contributed by atoms with Gasteiger partial charge in [0.1, 0.15) is 17.3 Å². The second-order valence-corrected chi connectivity index (χ2v) is 10.2. The predicted octanol–water partition coefficient (Wildman–Crippen LogP) is 6.29. The Morgan fingerprint density at radius 3 is 2.19 bits per heavy atom. The lowest BCUT2D eigenvalue weighted by Crippen LogP contribution is -2.60. The molecule has 0 N–H and O–H groups in total. The van der Waals surface area contributed by atoms with Gasteiger partial charge in [-0.1, -0.05) is 60.2 Å². The van der Waals surface area contributed by atoms with Crippen molar-refractivity contribution >= 4 is 62.0 Å². The minimum atomic E-state index is -0.578. The van der Waals surface area contributed by atoms with E-state index >= 15 is 8.78 Å². The molecular weight excluding hydrogens is 461 g/mol. The van der Waals surface area contributed by atoms with Gasteiger partial charge in [-0.3, -0.25) is 0 Å². The van der Waals surface area contributed by atoms with Crippen molar-refractivity contribution in [2.45, 2.75) is 13.8 Å². The van der Waals surface area contributed by atoms with Gasteiger partial charge < -0.3 is 9.47 Å². The number of para-hydroxylation sites is 3. The zero-order chi connectivity index (χ0) is 25.0. The van der Waals surface area contributed by atoms with Crippen LogP contribution in [0.3, 0.4) is 0 Å². The van der Waals surface area contributed by atoms with Crippen LogP contribution in [0, 0.1) is 25.5 Å². The van der Waals surface area contributed by atoms with Crippen molar-refractivity contribution in [2.24, 2.45) is 0 Å². The van der Waals surface area contributed by atoms with Gasteiger partial charge in [-0.05, 0) is 72.2 Å². The summed E-state index contributed by atoms with van der Waals surface area (Å²) in [6.07, 6.45) is 0. The van der Waals surface area contributed by atoms with Crippen LogP contribution in [-0.4, -0.2) is 11.3 Å². The lowest BCUT2D eigenvalue weighted by Gasteiger charge is -2.40. The number of nitrogens with zero attached hydrogens (tertiary/aromatic N) is 2. The maximum Gasteiger partial charge on any atom is 0.252 e. The second kappa shape index (κ2) is 7.10. The Bertz CT molecular complexity index is 1930. The van der Waals surface area contributed by atoms with Crippen LogP contribution in [0.5, 0.6) is 0 Å². The lowest BCUT2D eigenvalue weighted by molar-refractivity contribution is 0.586. The fourth-order valence-corrected chi connectivity index (χ4v) is 6.61. The third kappa shape index (κ3) is 2.58. The van der Waals surface area contributed by atoms with Crippen molar-refractivity contribution < 1.29 is 8.78 Å². The van der Waals surface area contributed by atoms with Crippen molar-refractivity contribution in [1.29, 1.82) is 0 Å². The van der Waals surface area contributed by atoms with E-state index in [9.17, 15) is 0 Å². The molecule has 176 valence electrons. The normalized spacial score (nSPS) is 13.3. The minimum absolute atomic E-state index is 0.0415. The first-order valence-electron chi connectivity index (χ1n) is 12.5. The SMILES string of the molecule is Cc1ccc2c(c1)B1c3c(cc(C)cc3-n3c4ccccc4c4cccc1c43)N2c1c(F)cccc1F. The highest BCUT2D eigenvalue weighted by molar-refractivity contribution is 7.00. The number of aromatic nitrogens is 1. The molecule has 0 amide bonds. The molecule has 0 saturated heterocycles. The molecule has 37 heavy (non-hydrogen) atoms. The number of anilines is 3. The molecule has 0 fully saturated rings. The minimum Gasteiger partial charge on any atom is -0.310 e. The summed E-state index contributed by atoms with van der Waals surface area (Å²) in [5, 5.41) is 2.42. The van der Waals surface area contributed by atoms with Gasteiger partial charge in [-0.15, -0.1) is 0 Å². The monoisotopic (exact) mass is 482 g/mol. The van der Waals surface area contributed by atoms with Crippen molar-refractivity contribution in [1.82, 2.24) is 4.57 Å². The predicted molar refractivity (Wildman–Crippen MR) is 150 cm³/mol. The molecule has 0 unspecified atom stereocenters. The summed E-state index contributed by atoms with van der Waals surface area (Å²) in [4.78, 5) is 1.79. The molecular formula is C32H21BF2N2. The molecule has 6 aromatic rings. The van der Waals surface area contributed by atoms with Gasteiger partial charge in [0, 0.05) is 33.4 Å². The first-order chi connectivity index (χ1) is 18.0. The average Bonchev–Trinajstić information content (AvgIpc) is 3.23. The average molecular weight is 482 g/mol. The molecule has 2 aliphatic rings. The van der Waals surface area contributed by atoms with Crippen molar-refractivity contribution in [3.63, 3.8) is 0 Å². The smallest absolute Gasteiger partial charge is 0.252 e. The van der Waals surface area contributed by atoms with E-state index in [1.165, 1.54) is 40.0 Å². The van der Waals surface area contributed by atoms with Crippen molar-refractivity contribution in [3.05, 3.63) is 114 Å². The van der Waals surface area contributed by atoms with E-state index in [2.05, 4.69) is 79.1 Å². The fourth-order valence-electron chi connectivity index (χ4n) is 6.61. The number of halogens is 2. The Morgan fingerprint density at radius 2 is 1.35 bits per heavy atom. The van der Waals surface area contributed by atoms with Crippen molar-refractivity contribution in [2.75, 3.05) is 4.90 Å². The van der Waals surface area contributed by atoms with Crippen LogP contribution in [-0.2, 0) is 0 Å². The molecule has 5 aromatic carbocycles. The quantitative estimate of drug-likeness (QED) is 0.250. The van der Waals surface area contributed by atoms with Crippen LogP contribution in [0.4, 0.5) is 25.8 Å². The second-order valence-electron chi connectivity index (χ2n) is 10.2. The van der Waals surface area contributed by atoms with Gasteiger partial charge in [0.15, 0.2) is 0 Å². The number of fused-ring (bicyclic) bond motifs is 7. The molecule has 1 aromatic heterocycles. The summed E-state index contributed by atoms with van der Waals surface area (Å²) in [5.41, 5.74) is 10.5. The molecule has 8 rings (SSSR count). The fraction of sp³-hybridized carbons (Fsp3) is 0.0625. The third-order valence-electron chi connectivity index (χ3n) is 7.98. The molecule has 0 aliphatic carbocycles. The summed E-state index contributed by atoms with van der Waals surface area (Å²) >= 11 is 0. The highest BCUT2D eigenvalue weighted by atomic mass is 19.1. The Morgan fingerprint density at radius 1 is 0.622 bits per heavy atom. The van der Waals surface area contributed by atoms with E-state index in [0.29, 0.717) is 0 Å². The van der Waals surface area contributed by atoms with Crippen molar-refractivity contribution in [3.8, 4) is 5.69 Å². The standard InChI is InChI=1S/C32H21BF2N2/c1-18-13-14-27-23(15-18)33-22-9-5-8-21-20-7-3-4-12-26(20)36(31(21)22)28-16-19(2)17-29(30(28)33)37(27)32-24(34)10-6-11-25(32)35/h3-17H,1-2H3. The van der Waals surface area contributed by atoms with E-state index in [1.54, 1.807) is 4.90 Å². The van der Waals surface area contributed by atoms with Gasteiger partial charge >= 0.3 is 0 Å². The highest BCUT2D eigenvalue weighted by Crippen LogP contribution is 2.43. The molecule has 3 heterocycles. The number of hydrogen-bond donors (Lipinski definition) is 0. The van der Waals surface area contributed by atoms with E-state index in [1.807, 2.05) is 12.1 Å². The Kier molecular flexibility index (Phi) is 3.99. The lowest BCUT2D eigenvalue weighted by atomic mass is 9.33. The summed E-state index contributed by atoms with van der Waals surface area (Å²) in [6, 6.07) is 29.6. The molecule has 0 radical (unpaired) electrons. The topological polar surface area (TPSA) is 8.17 Å². The Hall–Kier alpha value is -4.38. The van der Waals surface area contributed by atoms with Crippen LogP contribution in [0.15, 0.2) is 91.0 Å². The summed E-state index contributed by atoms with van der Waals surface area (Å²) in [6.45, 7) is 4.07. The molecule has 0 saturated carbocycles. The van der Waals surface area contributed by atoms with Crippen LogP contribution in [0.2, 0.25) is 0 Å². The summed E-state index contributed by atoms with van der Waals surface area (Å²) in [5.74, 6) is -1.16. The van der Waals surface area contributed by atoms with Gasteiger partial charge in [0.25, 0.3) is 6.71 Å². The van der Waals surface area contributed by atoms with Crippen LogP contribution in [0.25, 0.3) is 27.5 Å². The van der Waals surface area contributed by atoms with Crippen LogP contribution in [0.1, 0.15) is 11.1 Å². The van der Waals surface area contributed by atoms with Crippen LogP contribution >= 0.6 is 0 Å². The van der Waals surface area contributed by atoms with Gasteiger partial charge in [0.2, 0.25) is 0 Å². The van der Waals surface area contributed by atoms with E-state index < -0.39 is 11.6 Å². The zero-order valence-corrected chi connectivity index (χ0v) is 20.4. The first kappa shape index (κ1) is 20.8. The molecule has 0 atom stereocenters. The molecule has 2 nitrogen and oxygen atoms in total. The largest absolute Gasteiger partial charge is 0.310 e. The number of hydrogen-bond acceptors (Lipinski definition) is 1. The molecule has 0 spiro atoms. The zero-order valence-electron chi connectivity index (χ0n) is 20.4. The number of rotatable bonds is 1. The molecule has 0 bridgehead atoms. The van der Waals surface area contributed by atoms with Gasteiger partial charge in [0.05, 0.1) is 5.52 Å². The summed E-state index contributed by atoms with van der Waals surface area (Å²) in [7, 11) is 0. The third-order valence-corrected chi connectivity index (χ3v) is 7.98. The van der Waals surface area contributed by atoms with Gasteiger partial charge in [-0.2, -0.15) is 0 Å². The Labute approximate surface area is 213 Å².